The lowest BCUT2D eigenvalue weighted by Gasteiger charge is -2.16. The predicted molar refractivity (Wildman–Crippen MR) is 99.7 cm³/mol. The number of nitriles is 1. The Kier molecular flexibility index (Phi) is 6.56. The number of thiocyanates is 1. The molecule has 0 saturated carbocycles. The van der Waals surface area contributed by atoms with Crippen LogP contribution in [0.1, 0.15) is 10.4 Å². The van der Waals surface area contributed by atoms with Gasteiger partial charge in [-0.3, -0.25) is 4.79 Å². The van der Waals surface area contributed by atoms with E-state index < -0.39 is 0 Å². The number of hydrogen-bond acceptors (Lipinski definition) is 6. The van der Waals surface area contributed by atoms with Gasteiger partial charge in [0, 0.05) is 10.6 Å². The van der Waals surface area contributed by atoms with Gasteiger partial charge in [0.15, 0.2) is 11.5 Å². The quantitative estimate of drug-likeness (QED) is 0.551. The molecule has 2 rings (SSSR count). The fraction of sp³-hybridized carbons (Fsp3) is 0.176. The van der Waals surface area contributed by atoms with Crippen LogP contribution in [0.25, 0.3) is 0 Å². The van der Waals surface area contributed by atoms with Gasteiger partial charge in [0.25, 0.3) is 5.91 Å². The zero-order valence-corrected chi connectivity index (χ0v) is 16.2. The Morgan fingerprint density at radius 1 is 1.12 bits per heavy atom. The molecule has 1 amide bonds. The second kappa shape index (κ2) is 8.65. The van der Waals surface area contributed by atoms with E-state index in [1.165, 1.54) is 21.3 Å². The average Bonchev–Trinajstić information content (AvgIpc) is 2.62. The van der Waals surface area contributed by atoms with Crippen molar-refractivity contribution in [2.75, 3.05) is 26.6 Å². The molecule has 6 nitrogen and oxygen atoms in total. The molecule has 8 heteroatoms. The number of amides is 1. The number of methoxy groups -OCH3 is 3. The summed E-state index contributed by atoms with van der Waals surface area (Å²) in [7, 11) is 4.46. The highest BCUT2D eigenvalue weighted by Gasteiger charge is 2.22. The first-order valence-electron chi connectivity index (χ1n) is 7.01. The maximum absolute atomic E-state index is 12.6. The molecule has 0 radical (unpaired) electrons. The first-order valence-corrected chi connectivity index (χ1v) is 8.62. The summed E-state index contributed by atoms with van der Waals surface area (Å²) in [5.41, 5.74) is 0.943. The van der Waals surface area contributed by atoms with E-state index >= 15 is 0 Å². The summed E-state index contributed by atoms with van der Waals surface area (Å²) < 4.78 is 16.4. The minimum absolute atomic E-state index is 0.338. The number of benzene rings is 2. The lowest BCUT2D eigenvalue weighted by atomic mass is 10.1. The highest BCUT2D eigenvalue weighted by Crippen LogP contribution is 2.44. The zero-order valence-electron chi connectivity index (χ0n) is 13.8. The summed E-state index contributed by atoms with van der Waals surface area (Å²) in [5, 5.41) is 13.5. The number of anilines is 1. The van der Waals surface area contributed by atoms with Crippen molar-refractivity contribution in [2.45, 2.75) is 4.90 Å². The Bertz CT molecular complexity index is 819. The van der Waals surface area contributed by atoms with Crippen LogP contribution in [0.15, 0.2) is 39.7 Å². The van der Waals surface area contributed by atoms with Crippen LogP contribution in [-0.2, 0) is 0 Å². The van der Waals surface area contributed by atoms with Gasteiger partial charge in [-0.25, -0.2) is 0 Å². The molecule has 25 heavy (non-hydrogen) atoms. The van der Waals surface area contributed by atoms with E-state index in [1.807, 2.05) is 5.40 Å². The average molecular weight is 423 g/mol. The Balaban J connectivity index is 2.34. The number of halogens is 1. The van der Waals surface area contributed by atoms with Crippen molar-refractivity contribution in [3.8, 4) is 22.6 Å². The molecule has 0 spiro atoms. The molecule has 1 N–H and O–H groups in total. The highest BCUT2D eigenvalue weighted by molar-refractivity contribution is 9.10. The van der Waals surface area contributed by atoms with E-state index in [-0.39, 0.29) is 5.91 Å². The van der Waals surface area contributed by atoms with E-state index in [0.717, 1.165) is 16.7 Å². The van der Waals surface area contributed by atoms with Gasteiger partial charge in [0.2, 0.25) is 5.75 Å². The molecule has 0 aliphatic rings. The molecule has 0 aliphatic heterocycles. The summed E-state index contributed by atoms with van der Waals surface area (Å²) in [4.78, 5) is 13.4. The van der Waals surface area contributed by atoms with Crippen LogP contribution in [0.2, 0.25) is 0 Å². The van der Waals surface area contributed by atoms with Gasteiger partial charge >= 0.3 is 0 Å². The number of hydrogen-bond donors (Lipinski definition) is 1. The SMILES string of the molecule is COc1cc(C(=O)Nc2ccc(SC#N)cc2)c(Br)c(OC)c1OC. The summed E-state index contributed by atoms with van der Waals surface area (Å²) >= 11 is 4.44. The molecule has 2 aromatic rings. The topological polar surface area (TPSA) is 80.6 Å². The molecular formula is C17H15BrN2O4S. The van der Waals surface area contributed by atoms with Crippen LogP contribution < -0.4 is 19.5 Å². The van der Waals surface area contributed by atoms with Crippen molar-refractivity contribution in [2.24, 2.45) is 0 Å². The molecule has 0 atom stereocenters. The minimum atomic E-state index is -0.341. The fourth-order valence-electron chi connectivity index (χ4n) is 2.14. The second-order valence-corrected chi connectivity index (χ2v) is 6.33. The molecular weight excluding hydrogens is 408 g/mol. The van der Waals surface area contributed by atoms with Gasteiger partial charge in [-0.1, -0.05) is 0 Å². The van der Waals surface area contributed by atoms with Crippen molar-refractivity contribution < 1.29 is 19.0 Å². The van der Waals surface area contributed by atoms with E-state index in [0.29, 0.717) is 33.0 Å². The second-order valence-electron chi connectivity index (χ2n) is 4.68. The van der Waals surface area contributed by atoms with Crippen LogP contribution in [0.4, 0.5) is 5.69 Å². The smallest absolute Gasteiger partial charge is 0.257 e. The molecule has 2 aromatic carbocycles. The van der Waals surface area contributed by atoms with Crippen molar-refractivity contribution in [3.63, 3.8) is 0 Å². The Morgan fingerprint density at radius 3 is 2.28 bits per heavy atom. The lowest BCUT2D eigenvalue weighted by Crippen LogP contribution is -2.13. The fourth-order valence-corrected chi connectivity index (χ4v) is 3.16. The van der Waals surface area contributed by atoms with Crippen molar-refractivity contribution in [1.82, 2.24) is 0 Å². The summed E-state index contributed by atoms with van der Waals surface area (Å²) in [5.74, 6) is 0.805. The van der Waals surface area contributed by atoms with Crippen LogP contribution in [-0.4, -0.2) is 27.2 Å². The van der Waals surface area contributed by atoms with E-state index in [4.69, 9.17) is 19.5 Å². The van der Waals surface area contributed by atoms with Crippen LogP contribution in [0.5, 0.6) is 17.2 Å². The van der Waals surface area contributed by atoms with Gasteiger partial charge in [0.05, 0.1) is 31.4 Å². The molecule has 0 saturated heterocycles. The monoisotopic (exact) mass is 422 g/mol. The Hall–Kier alpha value is -2.37. The van der Waals surface area contributed by atoms with E-state index in [2.05, 4.69) is 21.2 Å². The van der Waals surface area contributed by atoms with Gasteiger partial charge < -0.3 is 19.5 Å². The van der Waals surface area contributed by atoms with Crippen molar-refractivity contribution in [1.29, 1.82) is 5.26 Å². The minimum Gasteiger partial charge on any atom is -0.493 e. The number of nitrogens with one attached hydrogen (secondary N) is 1. The van der Waals surface area contributed by atoms with E-state index in [9.17, 15) is 4.79 Å². The maximum Gasteiger partial charge on any atom is 0.257 e. The predicted octanol–water partition coefficient (Wildman–Crippen LogP) is 4.30. The first kappa shape index (κ1) is 19.0. The van der Waals surface area contributed by atoms with Crippen LogP contribution in [0, 0.1) is 10.7 Å². The summed E-state index contributed by atoms with van der Waals surface area (Å²) in [6.45, 7) is 0. The zero-order chi connectivity index (χ0) is 18.4. The number of thioether (sulfide) groups is 1. The number of rotatable bonds is 6. The van der Waals surface area contributed by atoms with Gasteiger partial charge in [0.1, 0.15) is 5.40 Å². The van der Waals surface area contributed by atoms with Crippen LogP contribution in [0.3, 0.4) is 0 Å². The number of ether oxygens (including phenoxy) is 3. The van der Waals surface area contributed by atoms with Gasteiger partial charge in [-0.05, 0) is 58.0 Å². The standard InChI is InChI=1S/C17H15BrN2O4S/c1-22-13-8-12(14(18)16(24-3)15(13)23-2)17(21)20-10-4-6-11(7-5-10)25-9-19/h4-8H,1-3H3,(H,20,21). The molecule has 130 valence electrons. The largest absolute Gasteiger partial charge is 0.493 e. The number of carbonyl (C=O) groups is 1. The van der Waals surface area contributed by atoms with Crippen molar-refractivity contribution in [3.05, 3.63) is 40.4 Å². The molecule has 0 fully saturated rings. The molecule has 0 aliphatic carbocycles. The third-order valence-corrected chi connectivity index (χ3v) is 4.68. The van der Waals surface area contributed by atoms with Crippen LogP contribution >= 0.6 is 27.7 Å². The summed E-state index contributed by atoms with van der Waals surface area (Å²) in [6, 6.07) is 8.54. The van der Waals surface area contributed by atoms with Crippen molar-refractivity contribution >= 4 is 39.3 Å². The Morgan fingerprint density at radius 2 is 1.76 bits per heavy atom. The first-order chi connectivity index (χ1) is 12.0. The highest BCUT2D eigenvalue weighted by atomic mass is 79.9. The third-order valence-electron chi connectivity index (χ3n) is 3.29. The number of carbonyl (C=O) groups excluding carboxylic acids is 1. The normalized spacial score (nSPS) is 9.88. The lowest BCUT2D eigenvalue weighted by molar-refractivity contribution is 0.102. The van der Waals surface area contributed by atoms with E-state index in [1.54, 1.807) is 30.3 Å². The molecule has 0 unspecified atom stereocenters. The summed E-state index contributed by atoms with van der Waals surface area (Å²) in [6.07, 6.45) is 0. The Labute approximate surface area is 158 Å². The molecule has 0 heterocycles. The molecule has 0 aromatic heterocycles. The van der Waals surface area contributed by atoms with Gasteiger partial charge in [-0.2, -0.15) is 5.26 Å². The van der Waals surface area contributed by atoms with Gasteiger partial charge in [-0.15, -0.1) is 0 Å². The third kappa shape index (κ3) is 4.18. The number of nitrogens with zero attached hydrogens (tertiary/aromatic N) is 1. The molecule has 0 bridgehead atoms. The maximum atomic E-state index is 12.6.